The van der Waals surface area contributed by atoms with Crippen LogP contribution >= 0.6 is 43.5 Å². The molecule has 0 aliphatic heterocycles. The molecule has 0 aromatic heterocycles. The van der Waals surface area contributed by atoms with E-state index in [1.165, 1.54) is 0 Å². The summed E-state index contributed by atoms with van der Waals surface area (Å²) in [4.78, 5) is 4.52. The molecular weight excluding hydrogens is 429 g/mol. The summed E-state index contributed by atoms with van der Waals surface area (Å²) >= 11 is 13.2. The van der Waals surface area contributed by atoms with Gasteiger partial charge in [0.1, 0.15) is 5.75 Å². The van der Waals surface area contributed by atoms with Crippen molar-refractivity contribution < 1.29 is 4.74 Å². The summed E-state index contributed by atoms with van der Waals surface area (Å²) in [5.74, 6) is 0.818. The van der Waals surface area contributed by atoms with Crippen LogP contribution < -0.4 is 4.74 Å². The summed E-state index contributed by atoms with van der Waals surface area (Å²) in [5.41, 5.74) is 2.81. The molecule has 0 fully saturated rings. The molecule has 2 aromatic rings. The van der Waals surface area contributed by atoms with Crippen molar-refractivity contribution in [3.05, 3.63) is 55.4 Å². The van der Waals surface area contributed by atoms with Gasteiger partial charge < -0.3 is 4.74 Å². The van der Waals surface area contributed by atoms with Crippen LogP contribution in [0.5, 0.6) is 5.75 Å². The van der Waals surface area contributed by atoms with Gasteiger partial charge in [-0.15, -0.1) is 0 Å². The van der Waals surface area contributed by atoms with E-state index in [0.717, 1.165) is 43.0 Å². The molecule has 0 bridgehead atoms. The van der Waals surface area contributed by atoms with E-state index >= 15 is 0 Å². The first-order valence-corrected chi connectivity index (χ1v) is 8.90. The van der Waals surface area contributed by atoms with Crippen LogP contribution in [0.1, 0.15) is 24.5 Å². The van der Waals surface area contributed by atoms with Crippen molar-refractivity contribution in [3.8, 4) is 5.75 Å². The number of hydrogen-bond donors (Lipinski definition) is 0. The predicted molar refractivity (Wildman–Crippen MR) is 101 cm³/mol. The van der Waals surface area contributed by atoms with Gasteiger partial charge in [0.2, 0.25) is 0 Å². The minimum absolute atomic E-state index is 0.687. The Hall–Kier alpha value is -0.840. The van der Waals surface area contributed by atoms with Crippen LogP contribution in [0.2, 0.25) is 5.02 Å². The lowest BCUT2D eigenvalue weighted by Gasteiger charge is -2.10. The molecule has 0 aliphatic rings. The van der Waals surface area contributed by atoms with Crippen LogP contribution in [0.25, 0.3) is 0 Å². The van der Waals surface area contributed by atoms with Crippen molar-refractivity contribution in [1.82, 2.24) is 0 Å². The number of nitrogens with zero attached hydrogens (tertiary/aromatic N) is 1. The fraction of sp³-hybridized carbons (Fsp3) is 0.235. The van der Waals surface area contributed by atoms with Gasteiger partial charge in [0.25, 0.3) is 0 Å². The highest BCUT2D eigenvalue weighted by atomic mass is 79.9. The van der Waals surface area contributed by atoms with Crippen molar-refractivity contribution in [2.45, 2.75) is 20.3 Å². The molecule has 0 N–H and O–H groups in total. The van der Waals surface area contributed by atoms with Gasteiger partial charge in [-0.3, -0.25) is 4.99 Å². The van der Waals surface area contributed by atoms with E-state index < -0.39 is 0 Å². The molecular formula is C17H16Br2ClNO. The van der Waals surface area contributed by atoms with Gasteiger partial charge in [-0.1, -0.05) is 24.6 Å². The van der Waals surface area contributed by atoms with E-state index in [1.54, 1.807) is 0 Å². The van der Waals surface area contributed by atoms with Gasteiger partial charge in [-0.25, -0.2) is 0 Å². The van der Waals surface area contributed by atoms with Crippen molar-refractivity contribution in [2.75, 3.05) is 6.61 Å². The summed E-state index contributed by atoms with van der Waals surface area (Å²) in [6.45, 7) is 4.73. The van der Waals surface area contributed by atoms with Gasteiger partial charge in [0, 0.05) is 11.2 Å². The van der Waals surface area contributed by atoms with Crippen LogP contribution in [0.15, 0.2) is 44.3 Å². The third-order valence-electron chi connectivity index (χ3n) is 3.06. The maximum atomic E-state index is 6.11. The summed E-state index contributed by atoms with van der Waals surface area (Å²) in [7, 11) is 0. The minimum atomic E-state index is 0.687. The molecule has 2 rings (SSSR count). The maximum absolute atomic E-state index is 6.11. The van der Waals surface area contributed by atoms with E-state index in [1.807, 2.05) is 43.5 Å². The van der Waals surface area contributed by atoms with E-state index in [4.69, 9.17) is 16.3 Å². The standard InChI is InChI=1S/C17H16Br2ClNO/c1-3-7-22-17-13(18)8-12(9-14(17)19)10-21-16-6-4-5-15(20)11(16)2/h4-6,8-10H,3,7H2,1-2H3. The van der Waals surface area contributed by atoms with Crippen molar-refractivity contribution in [1.29, 1.82) is 0 Å². The lowest BCUT2D eigenvalue weighted by atomic mass is 10.2. The lowest BCUT2D eigenvalue weighted by molar-refractivity contribution is 0.313. The topological polar surface area (TPSA) is 21.6 Å². The number of rotatable bonds is 5. The SMILES string of the molecule is CCCOc1c(Br)cc(C=Nc2cccc(Cl)c2C)cc1Br. The molecule has 5 heteroatoms. The van der Waals surface area contributed by atoms with Gasteiger partial charge in [0.15, 0.2) is 0 Å². The average Bonchev–Trinajstić information content (AvgIpc) is 2.48. The summed E-state index contributed by atoms with van der Waals surface area (Å²) in [6.07, 6.45) is 2.79. The van der Waals surface area contributed by atoms with Crippen LogP contribution in [-0.2, 0) is 0 Å². The fourth-order valence-corrected chi connectivity index (χ4v) is 3.50. The number of aliphatic imine (C=N–C) groups is 1. The first-order chi connectivity index (χ1) is 10.5. The van der Waals surface area contributed by atoms with Gasteiger partial charge in [-0.2, -0.15) is 0 Å². The predicted octanol–water partition coefficient (Wildman–Crippen LogP) is 6.71. The Labute approximate surface area is 152 Å². The summed E-state index contributed by atoms with van der Waals surface area (Å²) in [5, 5.41) is 0.723. The average molecular weight is 446 g/mol. The second-order valence-electron chi connectivity index (χ2n) is 4.80. The molecule has 0 radical (unpaired) electrons. The number of ether oxygens (including phenoxy) is 1. The first kappa shape index (κ1) is 17.5. The molecule has 0 spiro atoms. The molecule has 2 nitrogen and oxygen atoms in total. The first-order valence-electron chi connectivity index (χ1n) is 6.94. The lowest BCUT2D eigenvalue weighted by Crippen LogP contribution is -1.97. The Bertz CT molecular complexity index is 678. The van der Waals surface area contributed by atoms with Gasteiger partial charge in [0.05, 0.1) is 21.2 Å². The molecule has 22 heavy (non-hydrogen) atoms. The number of benzene rings is 2. The Balaban J connectivity index is 2.27. The fourth-order valence-electron chi connectivity index (χ4n) is 1.88. The van der Waals surface area contributed by atoms with Gasteiger partial charge in [-0.05, 0) is 80.6 Å². The molecule has 0 heterocycles. The molecule has 116 valence electrons. The quantitative estimate of drug-likeness (QED) is 0.469. The number of hydrogen-bond acceptors (Lipinski definition) is 2. The van der Waals surface area contributed by atoms with Crippen molar-refractivity contribution in [2.24, 2.45) is 4.99 Å². The Morgan fingerprint density at radius 1 is 1.23 bits per heavy atom. The van der Waals surface area contributed by atoms with Crippen molar-refractivity contribution >= 4 is 55.4 Å². The smallest absolute Gasteiger partial charge is 0.147 e. The van der Waals surface area contributed by atoms with Crippen LogP contribution in [0.4, 0.5) is 5.69 Å². The third-order valence-corrected chi connectivity index (χ3v) is 4.65. The molecule has 0 atom stereocenters. The molecule has 0 unspecified atom stereocenters. The normalized spacial score (nSPS) is 11.1. The highest BCUT2D eigenvalue weighted by molar-refractivity contribution is 9.11. The highest BCUT2D eigenvalue weighted by Gasteiger charge is 2.08. The van der Waals surface area contributed by atoms with E-state index in [-0.39, 0.29) is 0 Å². The molecule has 0 amide bonds. The molecule has 2 aromatic carbocycles. The maximum Gasteiger partial charge on any atom is 0.147 e. The second kappa shape index (κ2) is 8.14. The van der Waals surface area contributed by atoms with Crippen LogP contribution in [0.3, 0.4) is 0 Å². The zero-order valence-electron chi connectivity index (χ0n) is 12.4. The Morgan fingerprint density at radius 2 is 1.91 bits per heavy atom. The molecule has 0 saturated carbocycles. The second-order valence-corrected chi connectivity index (χ2v) is 6.92. The Kier molecular flexibility index (Phi) is 6.48. The molecule has 0 aliphatic carbocycles. The van der Waals surface area contributed by atoms with Crippen LogP contribution in [-0.4, -0.2) is 12.8 Å². The minimum Gasteiger partial charge on any atom is -0.491 e. The molecule has 0 saturated heterocycles. The van der Waals surface area contributed by atoms with Crippen LogP contribution in [0, 0.1) is 6.92 Å². The van der Waals surface area contributed by atoms with Crippen molar-refractivity contribution in [3.63, 3.8) is 0 Å². The highest BCUT2D eigenvalue weighted by Crippen LogP contribution is 2.34. The van der Waals surface area contributed by atoms with Gasteiger partial charge >= 0.3 is 0 Å². The van der Waals surface area contributed by atoms with E-state index in [2.05, 4.69) is 43.8 Å². The summed E-state index contributed by atoms with van der Waals surface area (Å²) < 4.78 is 7.52. The zero-order valence-corrected chi connectivity index (χ0v) is 16.3. The Morgan fingerprint density at radius 3 is 2.55 bits per heavy atom. The zero-order chi connectivity index (χ0) is 16.1. The van der Waals surface area contributed by atoms with E-state index in [9.17, 15) is 0 Å². The summed E-state index contributed by atoms with van der Waals surface area (Å²) in [6, 6.07) is 9.68. The van der Waals surface area contributed by atoms with E-state index in [0.29, 0.717) is 6.61 Å². The third kappa shape index (κ3) is 4.34. The largest absolute Gasteiger partial charge is 0.491 e. The number of halogens is 3. The monoisotopic (exact) mass is 443 g/mol.